The standard InChI is InChI=1S/C8H2BrClN2O/c9-4-1-5(10)8-6(2-4)13-7(3-11)12-8/h1-2H. The molecule has 0 atom stereocenters. The Hall–Kier alpha value is -1.05. The maximum atomic E-state index is 8.54. The van der Waals surface area contributed by atoms with Gasteiger partial charge in [-0.05, 0) is 12.1 Å². The predicted octanol–water partition coefficient (Wildman–Crippen LogP) is 3.12. The predicted molar refractivity (Wildman–Crippen MR) is 51.4 cm³/mol. The van der Waals surface area contributed by atoms with Crippen LogP contribution in [0.1, 0.15) is 5.89 Å². The molecule has 0 unspecified atom stereocenters. The van der Waals surface area contributed by atoms with Gasteiger partial charge in [-0.15, -0.1) is 0 Å². The number of nitrogens with zero attached hydrogens (tertiary/aromatic N) is 2. The number of hydrogen-bond acceptors (Lipinski definition) is 3. The van der Waals surface area contributed by atoms with Gasteiger partial charge in [-0.3, -0.25) is 0 Å². The lowest BCUT2D eigenvalue weighted by Gasteiger charge is -1.91. The number of aromatic nitrogens is 1. The summed E-state index contributed by atoms with van der Waals surface area (Å²) in [4.78, 5) is 3.89. The molecule has 0 N–H and O–H groups in total. The largest absolute Gasteiger partial charge is 0.428 e. The Bertz CT molecular complexity index is 515. The van der Waals surface area contributed by atoms with Gasteiger partial charge >= 0.3 is 5.89 Å². The number of nitriles is 1. The van der Waals surface area contributed by atoms with E-state index in [1.165, 1.54) is 0 Å². The Morgan fingerprint density at radius 2 is 2.31 bits per heavy atom. The molecule has 0 fully saturated rings. The Morgan fingerprint density at radius 1 is 1.54 bits per heavy atom. The molecule has 0 bridgehead atoms. The van der Waals surface area contributed by atoms with Crippen LogP contribution in [0.3, 0.4) is 0 Å². The molecule has 0 aliphatic carbocycles. The molecule has 1 aromatic heterocycles. The second-order valence-corrected chi connectivity index (χ2v) is 3.69. The lowest BCUT2D eigenvalue weighted by molar-refractivity contribution is 0.584. The van der Waals surface area contributed by atoms with Gasteiger partial charge in [0.25, 0.3) is 0 Å². The first-order chi connectivity index (χ1) is 6.20. The number of benzene rings is 1. The van der Waals surface area contributed by atoms with Gasteiger partial charge in [0.05, 0.1) is 5.02 Å². The van der Waals surface area contributed by atoms with Crippen LogP contribution in [-0.2, 0) is 0 Å². The van der Waals surface area contributed by atoms with E-state index < -0.39 is 0 Å². The summed E-state index contributed by atoms with van der Waals surface area (Å²) in [7, 11) is 0. The van der Waals surface area contributed by atoms with E-state index in [9.17, 15) is 0 Å². The zero-order chi connectivity index (χ0) is 9.42. The number of hydrogen-bond donors (Lipinski definition) is 0. The molecule has 2 aromatic rings. The minimum absolute atomic E-state index is 0.0231. The summed E-state index contributed by atoms with van der Waals surface area (Å²) in [5, 5.41) is 9.01. The number of fused-ring (bicyclic) bond motifs is 1. The zero-order valence-corrected chi connectivity index (χ0v) is 8.56. The van der Waals surface area contributed by atoms with Crippen LogP contribution in [0.2, 0.25) is 5.02 Å². The molecule has 0 saturated carbocycles. The van der Waals surface area contributed by atoms with Gasteiger partial charge in [0.1, 0.15) is 5.52 Å². The fourth-order valence-corrected chi connectivity index (χ4v) is 1.83. The molecule has 2 rings (SSSR count). The molecule has 0 aliphatic heterocycles. The van der Waals surface area contributed by atoms with Gasteiger partial charge in [-0.1, -0.05) is 27.5 Å². The Balaban J connectivity index is 2.84. The molecule has 3 nitrogen and oxygen atoms in total. The van der Waals surface area contributed by atoms with Gasteiger partial charge in [-0.2, -0.15) is 10.2 Å². The van der Waals surface area contributed by atoms with E-state index in [1.807, 2.05) is 6.07 Å². The van der Waals surface area contributed by atoms with Crippen molar-refractivity contribution in [3.8, 4) is 6.07 Å². The molecule has 64 valence electrons. The van der Waals surface area contributed by atoms with Crippen LogP contribution in [0.25, 0.3) is 11.1 Å². The van der Waals surface area contributed by atoms with Crippen LogP contribution >= 0.6 is 27.5 Å². The highest BCUT2D eigenvalue weighted by molar-refractivity contribution is 9.10. The van der Waals surface area contributed by atoms with Gasteiger partial charge in [0.2, 0.25) is 0 Å². The van der Waals surface area contributed by atoms with Crippen molar-refractivity contribution < 1.29 is 4.42 Å². The maximum Gasteiger partial charge on any atom is 0.301 e. The molecule has 0 amide bonds. The van der Waals surface area contributed by atoms with Crippen LogP contribution in [0, 0.1) is 11.3 Å². The third-order valence-electron chi connectivity index (χ3n) is 1.51. The molecule has 1 heterocycles. The van der Waals surface area contributed by atoms with Crippen LogP contribution in [0.5, 0.6) is 0 Å². The van der Waals surface area contributed by atoms with E-state index in [0.717, 1.165) is 4.47 Å². The second-order valence-electron chi connectivity index (χ2n) is 2.37. The summed E-state index contributed by atoms with van der Waals surface area (Å²) in [6.07, 6.45) is 0. The fraction of sp³-hybridized carbons (Fsp3) is 0. The summed E-state index contributed by atoms with van der Waals surface area (Å²) in [6, 6.07) is 5.23. The van der Waals surface area contributed by atoms with E-state index in [-0.39, 0.29) is 5.89 Å². The Kier molecular flexibility index (Phi) is 1.98. The first kappa shape index (κ1) is 8.54. The second kappa shape index (κ2) is 3.02. The minimum Gasteiger partial charge on any atom is -0.428 e. The summed E-state index contributed by atoms with van der Waals surface area (Å²) in [6.45, 7) is 0. The van der Waals surface area contributed by atoms with Crippen LogP contribution in [0.4, 0.5) is 0 Å². The van der Waals surface area contributed by atoms with E-state index in [1.54, 1.807) is 12.1 Å². The number of halogens is 2. The van der Waals surface area contributed by atoms with E-state index in [0.29, 0.717) is 16.1 Å². The third-order valence-corrected chi connectivity index (χ3v) is 2.25. The van der Waals surface area contributed by atoms with Gasteiger partial charge in [0, 0.05) is 4.47 Å². The highest BCUT2D eigenvalue weighted by Crippen LogP contribution is 2.27. The molecule has 0 spiro atoms. The molecule has 5 heteroatoms. The zero-order valence-electron chi connectivity index (χ0n) is 6.21. The minimum atomic E-state index is 0.0231. The van der Waals surface area contributed by atoms with Gasteiger partial charge < -0.3 is 4.42 Å². The maximum absolute atomic E-state index is 8.54. The molecule has 1 aromatic carbocycles. The average Bonchev–Trinajstić information content (AvgIpc) is 2.47. The highest BCUT2D eigenvalue weighted by Gasteiger charge is 2.09. The lowest BCUT2D eigenvalue weighted by Crippen LogP contribution is -1.72. The molecule has 13 heavy (non-hydrogen) atoms. The molecule has 0 aliphatic rings. The smallest absolute Gasteiger partial charge is 0.301 e. The molecular weight excluding hydrogens is 255 g/mol. The van der Waals surface area contributed by atoms with Crippen molar-refractivity contribution in [2.45, 2.75) is 0 Å². The van der Waals surface area contributed by atoms with Crippen LogP contribution in [-0.4, -0.2) is 4.98 Å². The third kappa shape index (κ3) is 1.41. The normalized spacial score (nSPS) is 10.2. The van der Waals surface area contributed by atoms with E-state index in [4.69, 9.17) is 21.3 Å². The van der Waals surface area contributed by atoms with Crippen molar-refractivity contribution in [3.63, 3.8) is 0 Å². The number of oxazole rings is 1. The summed E-state index contributed by atoms with van der Waals surface area (Å²) < 4.78 is 5.89. The van der Waals surface area contributed by atoms with Crippen molar-refractivity contribution in [2.75, 3.05) is 0 Å². The molecular formula is C8H2BrClN2O. The first-order valence-corrected chi connectivity index (χ1v) is 4.53. The topological polar surface area (TPSA) is 49.8 Å². The van der Waals surface area contributed by atoms with Gasteiger partial charge in [0.15, 0.2) is 11.7 Å². The fourth-order valence-electron chi connectivity index (χ4n) is 1.01. The van der Waals surface area contributed by atoms with E-state index in [2.05, 4.69) is 20.9 Å². The van der Waals surface area contributed by atoms with Crippen molar-refractivity contribution >= 4 is 38.6 Å². The Labute approximate surface area is 87.1 Å². The monoisotopic (exact) mass is 256 g/mol. The summed E-state index contributed by atoms with van der Waals surface area (Å²) in [5.74, 6) is 0.0231. The SMILES string of the molecule is N#Cc1nc2c(Cl)cc(Br)cc2o1. The Morgan fingerprint density at radius 3 is 3.00 bits per heavy atom. The quantitative estimate of drug-likeness (QED) is 0.728. The lowest BCUT2D eigenvalue weighted by atomic mass is 10.3. The highest BCUT2D eigenvalue weighted by atomic mass is 79.9. The van der Waals surface area contributed by atoms with Crippen molar-refractivity contribution in [3.05, 3.63) is 27.5 Å². The first-order valence-electron chi connectivity index (χ1n) is 3.36. The van der Waals surface area contributed by atoms with E-state index >= 15 is 0 Å². The summed E-state index contributed by atoms with van der Waals surface area (Å²) in [5.41, 5.74) is 1.03. The molecule has 0 saturated heterocycles. The van der Waals surface area contributed by atoms with Crippen LogP contribution < -0.4 is 0 Å². The van der Waals surface area contributed by atoms with Gasteiger partial charge in [-0.25, -0.2) is 0 Å². The number of rotatable bonds is 0. The molecule has 0 radical (unpaired) electrons. The summed E-state index contributed by atoms with van der Waals surface area (Å²) >= 11 is 9.13. The van der Waals surface area contributed by atoms with Crippen molar-refractivity contribution in [1.29, 1.82) is 5.26 Å². The van der Waals surface area contributed by atoms with Crippen molar-refractivity contribution in [2.24, 2.45) is 0 Å². The van der Waals surface area contributed by atoms with Crippen molar-refractivity contribution in [1.82, 2.24) is 4.98 Å². The van der Waals surface area contributed by atoms with Crippen LogP contribution in [0.15, 0.2) is 21.0 Å². The average molecular weight is 257 g/mol.